The van der Waals surface area contributed by atoms with Crippen LogP contribution in [0.25, 0.3) is 0 Å². The molecule has 114 valence electrons. The van der Waals surface area contributed by atoms with Gasteiger partial charge in [0.2, 0.25) is 0 Å². The van der Waals surface area contributed by atoms with Crippen molar-refractivity contribution in [2.24, 2.45) is 0 Å². The number of amides is 1. The molecule has 0 bridgehead atoms. The monoisotopic (exact) mass is 349 g/mol. The third-order valence-corrected chi connectivity index (χ3v) is 6.94. The first kappa shape index (κ1) is 15.8. The molecule has 0 aliphatic carbocycles. The standard InChI is InChI=1S/C16H17N2OS3/c1-4-18-15(19)13(22-16(18)20-3)9-10-14-17(2)11-7-5-6-8-12(11)21-14/h5-10H,4H2,1-3H3/q+1. The highest BCUT2D eigenvalue weighted by atomic mass is 32.2. The zero-order chi connectivity index (χ0) is 15.7. The van der Waals surface area contributed by atoms with E-state index < -0.39 is 0 Å². The molecule has 0 N–H and O–H groups in total. The lowest BCUT2D eigenvalue weighted by molar-refractivity contribution is -0.433. The predicted molar refractivity (Wildman–Crippen MR) is 98.8 cm³/mol. The van der Waals surface area contributed by atoms with Gasteiger partial charge in [0.15, 0.2) is 6.54 Å². The lowest BCUT2D eigenvalue weighted by Gasteiger charge is -2.12. The zero-order valence-electron chi connectivity index (χ0n) is 12.7. The Labute approximate surface area is 143 Å². The van der Waals surface area contributed by atoms with Crippen LogP contribution in [0, 0.1) is 0 Å². The summed E-state index contributed by atoms with van der Waals surface area (Å²) >= 11 is 4.93. The van der Waals surface area contributed by atoms with Crippen molar-refractivity contribution in [3.63, 3.8) is 0 Å². The number of hydrogen-bond donors (Lipinski definition) is 0. The Morgan fingerprint density at radius 2 is 2.05 bits per heavy atom. The second-order valence-corrected chi connectivity index (χ2v) is 7.93. The molecule has 0 atom stereocenters. The number of benzene rings is 1. The molecule has 0 spiro atoms. The Balaban J connectivity index is 1.83. The summed E-state index contributed by atoms with van der Waals surface area (Å²) in [6, 6.07) is 8.34. The molecule has 0 saturated heterocycles. The maximum atomic E-state index is 12.4. The maximum Gasteiger partial charge on any atom is 0.427 e. The number of para-hydroxylation sites is 1. The number of thioether (sulfide) groups is 3. The van der Waals surface area contributed by atoms with E-state index in [4.69, 9.17) is 0 Å². The van der Waals surface area contributed by atoms with Gasteiger partial charge in [-0.25, -0.2) is 4.79 Å². The van der Waals surface area contributed by atoms with Crippen molar-refractivity contribution in [3.05, 3.63) is 46.4 Å². The SMILES string of the molecule is CC[N+]1=C(SC)SC(=CC=C2Sc3ccccc3N2C)C1=O. The number of likely N-dealkylation sites (N-methyl/N-ethyl adjacent to an activating group) is 1. The Bertz CT molecular complexity index is 722. The highest BCUT2D eigenvalue weighted by molar-refractivity contribution is 8.40. The van der Waals surface area contributed by atoms with E-state index in [1.165, 1.54) is 10.6 Å². The zero-order valence-corrected chi connectivity index (χ0v) is 15.1. The summed E-state index contributed by atoms with van der Waals surface area (Å²) in [5.41, 5.74) is 1.22. The molecule has 2 aliphatic rings. The average molecular weight is 350 g/mol. The van der Waals surface area contributed by atoms with Crippen LogP contribution in [0.2, 0.25) is 0 Å². The number of anilines is 1. The van der Waals surface area contributed by atoms with Gasteiger partial charge in [0.1, 0.15) is 4.91 Å². The van der Waals surface area contributed by atoms with Crippen LogP contribution in [0.15, 0.2) is 51.2 Å². The molecule has 0 radical (unpaired) electrons. The molecule has 0 saturated carbocycles. The highest BCUT2D eigenvalue weighted by Gasteiger charge is 2.36. The lowest BCUT2D eigenvalue weighted by atomic mass is 10.3. The molecule has 22 heavy (non-hydrogen) atoms. The summed E-state index contributed by atoms with van der Waals surface area (Å²) < 4.78 is 2.90. The van der Waals surface area contributed by atoms with Gasteiger partial charge in [-0.3, -0.25) is 0 Å². The fourth-order valence-corrected chi connectivity index (χ4v) is 5.28. The van der Waals surface area contributed by atoms with Gasteiger partial charge in [0, 0.05) is 11.9 Å². The van der Waals surface area contributed by atoms with Crippen LogP contribution in [-0.2, 0) is 4.79 Å². The van der Waals surface area contributed by atoms with E-state index in [1.807, 2.05) is 36.0 Å². The van der Waals surface area contributed by atoms with Gasteiger partial charge in [-0.15, -0.1) is 4.58 Å². The van der Waals surface area contributed by atoms with Crippen molar-refractivity contribution in [1.29, 1.82) is 0 Å². The first-order valence-corrected chi connectivity index (χ1v) is 9.84. The van der Waals surface area contributed by atoms with Crippen molar-refractivity contribution in [3.8, 4) is 0 Å². The summed E-state index contributed by atoms with van der Waals surface area (Å²) in [4.78, 5) is 16.6. The Hall–Kier alpha value is -1.11. The van der Waals surface area contributed by atoms with E-state index in [0.29, 0.717) is 0 Å². The Kier molecular flexibility index (Phi) is 4.70. The van der Waals surface area contributed by atoms with Crippen molar-refractivity contribution >= 4 is 51.3 Å². The van der Waals surface area contributed by atoms with Gasteiger partial charge in [-0.2, -0.15) is 0 Å². The van der Waals surface area contributed by atoms with Gasteiger partial charge in [-0.05, 0) is 49.2 Å². The largest absolute Gasteiger partial charge is 0.427 e. The minimum atomic E-state index is 0.108. The minimum Gasteiger partial charge on any atom is -0.338 e. The summed E-state index contributed by atoms with van der Waals surface area (Å²) in [5, 5.41) is 1.14. The minimum absolute atomic E-state index is 0.108. The summed E-state index contributed by atoms with van der Waals surface area (Å²) in [6.45, 7) is 2.73. The molecule has 0 unspecified atom stereocenters. The first-order valence-electron chi connectivity index (χ1n) is 6.99. The molecule has 1 amide bonds. The van der Waals surface area contributed by atoms with Gasteiger partial charge >= 0.3 is 5.91 Å². The number of carbonyl (C=O) groups is 1. The summed E-state index contributed by atoms with van der Waals surface area (Å²) in [6.07, 6.45) is 6.00. The third-order valence-electron chi connectivity index (χ3n) is 3.51. The predicted octanol–water partition coefficient (Wildman–Crippen LogP) is 3.98. The second-order valence-electron chi connectivity index (χ2n) is 4.79. The lowest BCUT2D eigenvalue weighted by Crippen LogP contribution is -2.18. The van der Waals surface area contributed by atoms with Gasteiger partial charge in [0.05, 0.1) is 10.7 Å². The van der Waals surface area contributed by atoms with E-state index in [1.54, 1.807) is 35.3 Å². The molecule has 1 aromatic rings. The molecular formula is C16H17N2OS3+. The van der Waals surface area contributed by atoms with Crippen LogP contribution in [0.1, 0.15) is 6.92 Å². The molecule has 3 nitrogen and oxygen atoms in total. The number of nitrogens with zero attached hydrogens (tertiary/aromatic N) is 2. The van der Waals surface area contributed by atoms with Crippen LogP contribution in [0.5, 0.6) is 0 Å². The fourth-order valence-electron chi connectivity index (χ4n) is 2.35. The normalized spacial score (nSPS) is 21.4. The van der Waals surface area contributed by atoms with Crippen LogP contribution in [0.4, 0.5) is 5.69 Å². The van der Waals surface area contributed by atoms with E-state index in [-0.39, 0.29) is 5.91 Å². The number of hydrogen-bond acceptors (Lipinski definition) is 5. The molecule has 2 heterocycles. The molecule has 0 fully saturated rings. The van der Waals surface area contributed by atoms with Crippen LogP contribution in [0.3, 0.4) is 0 Å². The van der Waals surface area contributed by atoms with Crippen molar-refractivity contribution < 1.29 is 9.37 Å². The third kappa shape index (κ3) is 2.75. The van der Waals surface area contributed by atoms with Crippen molar-refractivity contribution in [2.75, 3.05) is 24.7 Å². The average Bonchev–Trinajstić information content (AvgIpc) is 3.03. The second kappa shape index (κ2) is 6.56. The number of carbonyl (C=O) groups excluding carboxylic acids is 1. The van der Waals surface area contributed by atoms with Crippen molar-refractivity contribution in [1.82, 2.24) is 0 Å². The molecule has 0 aromatic heterocycles. The van der Waals surface area contributed by atoms with E-state index in [0.717, 1.165) is 20.9 Å². The van der Waals surface area contributed by atoms with Crippen LogP contribution in [-0.4, -0.2) is 34.7 Å². The fraction of sp³-hybridized carbons (Fsp3) is 0.250. The molecular weight excluding hydrogens is 332 g/mol. The van der Waals surface area contributed by atoms with Crippen molar-refractivity contribution in [2.45, 2.75) is 11.8 Å². The number of fused-ring (bicyclic) bond motifs is 1. The summed E-state index contributed by atoms with van der Waals surface area (Å²) in [7, 11) is 2.06. The Morgan fingerprint density at radius 3 is 2.68 bits per heavy atom. The van der Waals surface area contributed by atoms with E-state index in [9.17, 15) is 4.79 Å². The Morgan fingerprint density at radius 1 is 1.27 bits per heavy atom. The quantitative estimate of drug-likeness (QED) is 0.594. The smallest absolute Gasteiger partial charge is 0.338 e. The van der Waals surface area contributed by atoms with Gasteiger partial charge < -0.3 is 4.90 Å². The van der Waals surface area contributed by atoms with Crippen LogP contribution >= 0.6 is 35.3 Å². The topological polar surface area (TPSA) is 23.3 Å². The summed E-state index contributed by atoms with van der Waals surface area (Å²) in [5.74, 6) is 0.108. The molecule has 6 heteroatoms. The van der Waals surface area contributed by atoms with Gasteiger partial charge in [0.25, 0.3) is 4.38 Å². The van der Waals surface area contributed by atoms with Gasteiger partial charge in [-0.1, -0.05) is 35.7 Å². The molecule has 3 rings (SSSR count). The molecule has 1 aromatic carbocycles. The highest BCUT2D eigenvalue weighted by Crippen LogP contribution is 2.44. The molecule has 2 aliphatic heterocycles. The number of rotatable bonds is 2. The van der Waals surface area contributed by atoms with E-state index >= 15 is 0 Å². The number of allylic oxidation sites excluding steroid dienone is 2. The van der Waals surface area contributed by atoms with E-state index in [2.05, 4.69) is 30.1 Å². The van der Waals surface area contributed by atoms with Crippen LogP contribution < -0.4 is 4.90 Å². The maximum absolute atomic E-state index is 12.4. The first-order chi connectivity index (χ1) is 10.7.